The second kappa shape index (κ2) is 7.31. The van der Waals surface area contributed by atoms with Gasteiger partial charge in [0.05, 0.1) is 6.54 Å². The van der Waals surface area contributed by atoms with Gasteiger partial charge in [-0.3, -0.25) is 10.1 Å². The molecule has 0 unspecified atom stereocenters. The zero-order valence-corrected chi connectivity index (χ0v) is 14.3. The van der Waals surface area contributed by atoms with Crippen LogP contribution in [0, 0.1) is 5.92 Å². The highest BCUT2D eigenvalue weighted by Gasteiger charge is 2.11. The van der Waals surface area contributed by atoms with Crippen LogP contribution in [0.5, 0.6) is 0 Å². The molecule has 3 rings (SSSR count). The first-order chi connectivity index (χ1) is 11.6. The van der Waals surface area contributed by atoms with Gasteiger partial charge in [0.25, 0.3) is 5.91 Å². The molecule has 0 fully saturated rings. The Hall–Kier alpha value is -2.61. The highest BCUT2D eigenvalue weighted by molar-refractivity contribution is 7.15. The maximum Gasteiger partial charge on any atom is 0.257 e. The fourth-order valence-corrected chi connectivity index (χ4v) is 3.11. The van der Waals surface area contributed by atoms with E-state index < -0.39 is 0 Å². The molecule has 2 heterocycles. The number of hydrogen-bond donors (Lipinski definition) is 1. The number of carbonyl (C=O) groups excluding carboxylic acids is 1. The second-order valence-electron chi connectivity index (χ2n) is 5.84. The lowest BCUT2D eigenvalue weighted by Crippen LogP contribution is -2.11. The molecular weight excluding hydrogens is 324 g/mol. The number of hydrogen-bond acceptors (Lipinski definition) is 6. The highest BCUT2D eigenvalue weighted by atomic mass is 32.1. The molecule has 0 saturated heterocycles. The highest BCUT2D eigenvalue weighted by Crippen LogP contribution is 2.19. The lowest BCUT2D eigenvalue weighted by atomic mass is 10.1. The van der Waals surface area contributed by atoms with Crippen LogP contribution in [0.4, 0.5) is 5.13 Å². The van der Waals surface area contributed by atoms with Crippen molar-refractivity contribution in [3.63, 3.8) is 0 Å². The summed E-state index contributed by atoms with van der Waals surface area (Å²) >= 11 is 1.42. The van der Waals surface area contributed by atoms with Crippen molar-refractivity contribution < 1.29 is 4.79 Å². The van der Waals surface area contributed by atoms with E-state index in [1.165, 1.54) is 17.7 Å². The van der Waals surface area contributed by atoms with Crippen LogP contribution in [-0.4, -0.2) is 30.9 Å². The molecule has 24 heavy (non-hydrogen) atoms. The number of benzene rings is 1. The summed E-state index contributed by atoms with van der Waals surface area (Å²) in [7, 11) is 0. The fraction of sp³-hybridized carbons (Fsp3) is 0.312. The molecule has 0 bridgehead atoms. The first-order valence-electron chi connectivity index (χ1n) is 7.65. The van der Waals surface area contributed by atoms with Crippen molar-refractivity contribution in [3.8, 4) is 0 Å². The Morgan fingerprint density at radius 1 is 1.25 bits per heavy atom. The van der Waals surface area contributed by atoms with Crippen molar-refractivity contribution in [3.05, 3.63) is 53.1 Å². The van der Waals surface area contributed by atoms with Gasteiger partial charge in [0.1, 0.15) is 17.7 Å². The summed E-state index contributed by atoms with van der Waals surface area (Å²) in [5.41, 5.74) is 1.63. The Kier molecular flexibility index (Phi) is 4.95. The van der Waals surface area contributed by atoms with E-state index in [4.69, 9.17) is 0 Å². The molecule has 0 radical (unpaired) electrons. The van der Waals surface area contributed by atoms with Gasteiger partial charge in [-0.25, -0.2) is 9.67 Å². The van der Waals surface area contributed by atoms with E-state index >= 15 is 0 Å². The standard InChI is InChI=1S/C16H18N6OS/c1-11(2)7-14-20-21-16(24-14)19-15(23)13-5-3-12(4-6-13)8-22-10-17-9-18-22/h3-6,9-11H,7-8H2,1-2H3,(H,19,21,23). The molecule has 0 atom stereocenters. The average molecular weight is 342 g/mol. The van der Waals surface area contributed by atoms with Gasteiger partial charge in [-0.2, -0.15) is 5.10 Å². The van der Waals surface area contributed by atoms with Gasteiger partial charge in [-0.15, -0.1) is 10.2 Å². The van der Waals surface area contributed by atoms with Crippen LogP contribution in [-0.2, 0) is 13.0 Å². The number of rotatable bonds is 6. The van der Waals surface area contributed by atoms with Gasteiger partial charge >= 0.3 is 0 Å². The quantitative estimate of drug-likeness (QED) is 0.744. The third-order valence-electron chi connectivity index (χ3n) is 3.30. The third kappa shape index (κ3) is 4.23. The van der Waals surface area contributed by atoms with Crippen molar-refractivity contribution in [1.82, 2.24) is 25.0 Å². The molecule has 3 aromatic rings. The number of nitrogens with zero attached hydrogens (tertiary/aromatic N) is 5. The van der Waals surface area contributed by atoms with Gasteiger partial charge in [0.15, 0.2) is 0 Å². The SMILES string of the molecule is CC(C)Cc1nnc(NC(=O)c2ccc(Cn3cncn3)cc2)s1. The Bertz CT molecular complexity index is 794. The minimum atomic E-state index is -0.186. The molecule has 8 heteroatoms. The minimum Gasteiger partial charge on any atom is -0.296 e. The van der Waals surface area contributed by atoms with Crippen molar-refractivity contribution in [1.29, 1.82) is 0 Å². The van der Waals surface area contributed by atoms with Crippen LogP contribution in [0.15, 0.2) is 36.9 Å². The number of anilines is 1. The number of aromatic nitrogens is 5. The number of amides is 1. The average Bonchev–Trinajstić information content (AvgIpc) is 3.20. The van der Waals surface area contributed by atoms with E-state index in [0.29, 0.717) is 23.2 Å². The topological polar surface area (TPSA) is 85.6 Å². The van der Waals surface area contributed by atoms with Gasteiger partial charge in [-0.05, 0) is 23.6 Å². The molecule has 0 saturated carbocycles. The Labute approximate surface area is 143 Å². The summed E-state index contributed by atoms with van der Waals surface area (Å²) in [6, 6.07) is 7.39. The zero-order chi connectivity index (χ0) is 16.9. The second-order valence-corrected chi connectivity index (χ2v) is 6.91. The maximum absolute atomic E-state index is 12.3. The van der Waals surface area contributed by atoms with Crippen LogP contribution in [0.2, 0.25) is 0 Å². The molecule has 1 aromatic carbocycles. The predicted molar refractivity (Wildman–Crippen MR) is 92.0 cm³/mol. The third-order valence-corrected chi connectivity index (χ3v) is 4.16. The Morgan fingerprint density at radius 2 is 2.04 bits per heavy atom. The summed E-state index contributed by atoms with van der Waals surface area (Å²) in [6.07, 6.45) is 4.02. The summed E-state index contributed by atoms with van der Waals surface area (Å²) in [6.45, 7) is 4.87. The molecule has 0 aliphatic heterocycles. The smallest absolute Gasteiger partial charge is 0.257 e. The van der Waals surface area contributed by atoms with E-state index in [1.807, 2.05) is 12.1 Å². The van der Waals surface area contributed by atoms with Crippen LogP contribution in [0.3, 0.4) is 0 Å². The lowest BCUT2D eigenvalue weighted by molar-refractivity contribution is 0.102. The van der Waals surface area contributed by atoms with Crippen molar-refractivity contribution in [2.75, 3.05) is 5.32 Å². The van der Waals surface area contributed by atoms with Gasteiger partial charge in [-0.1, -0.05) is 37.3 Å². The van der Waals surface area contributed by atoms with Crippen LogP contribution < -0.4 is 5.32 Å². The molecule has 1 N–H and O–H groups in total. The van der Waals surface area contributed by atoms with Gasteiger partial charge in [0, 0.05) is 12.0 Å². The van der Waals surface area contributed by atoms with Crippen molar-refractivity contribution >= 4 is 22.4 Å². The lowest BCUT2D eigenvalue weighted by Gasteiger charge is -2.04. The maximum atomic E-state index is 12.3. The summed E-state index contributed by atoms with van der Waals surface area (Å²) in [4.78, 5) is 16.2. The van der Waals surface area contributed by atoms with Crippen molar-refractivity contribution in [2.45, 2.75) is 26.8 Å². The van der Waals surface area contributed by atoms with E-state index in [2.05, 4.69) is 39.4 Å². The van der Waals surface area contributed by atoms with Crippen LogP contribution in [0.25, 0.3) is 0 Å². The molecular formula is C16H18N6OS. The summed E-state index contributed by atoms with van der Waals surface area (Å²) in [5.74, 6) is 0.327. The van der Waals surface area contributed by atoms with Crippen molar-refractivity contribution in [2.24, 2.45) is 5.92 Å². The largest absolute Gasteiger partial charge is 0.296 e. The molecule has 0 spiro atoms. The van der Waals surface area contributed by atoms with Crippen LogP contribution in [0.1, 0.15) is 34.8 Å². The normalized spacial score (nSPS) is 11.0. The first-order valence-corrected chi connectivity index (χ1v) is 8.47. The molecule has 7 nitrogen and oxygen atoms in total. The van der Waals surface area contributed by atoms with Gasteiger partial charge in [0.2, 0.25) is 5.13 Å². The van der Waals surface area contributed by atoms with Gasteiger partial charge < -0.3 is 0 Å². The molecule has 1 amide bonds. The molecule has 0 aliphatic rings. The fourth-order valence-electron chi connectivity index (χ4n) is 2.17. The monoisotopic (exact) mass is 342 g/mol. The molecule has 2 aromatic heterocycles. The Balaban J connectivity index is 1.61. The first kappa shape index (κ1) is 16.3. The minimum absolute atomic E-state index is 0.186. The van der Waals surface area contributed by atoms with Crippen LogP contribution >= 0.6 is 11.3 Å². The molecule has 0 aliphatic carbocycles. The Morgan fingerprint density at radius 3 is 2.71 bits per heavy atom. The van der Waals surface area contributed by atoms with E-state index in [-0.39, 0.29) is 5.91 Å². The predicted octanol–water partition coefficient (Wildman–Crippen LogP) is 2.63. The summed E-state index contributed by atoms with van der Waals surface area (Å²) in [5, 5.41) is 16.4. The zero-order valence-electron chi connectivity index (χ0n) is 13.5. The van der Waals surface area contributed by atoms with E-state index in [9.17, 15) is 4.79 Å². The van der Waals surface area contributed by atoms with E-state index in [0.717, 1.165) is 17.0 Å². The molecule has 124 valence electrons. The number of nitrogens with one attached hydrogen (secondary N) is 1. The summed E-state index contributed by atoms with van der Waals surface area (Å²) < 4.78 is 1.73. The van der Waals surface area contributed by atoms with E-state index in [1.54, 1.807) is 23.1 Å². The number of carbonyl (C=O) groups is 1.